The van der Waals surface area contributed by atoms with Crippen LogP contribution in [0.1, 0.15) is 6.92 Å². The summed E-state index contributed by atoms with van der Waals surface area (Å²) in [5.74, 6) is -0.729. The molecule has 0 fully saturated rings. The summed E-state index contributed by atoms with van der Waals surface area (Å²) in [6.45, 7) is 1.65. The van der Waals surface area contributed by atoms with Crippen molar-refractivity contribution in [2.24, 2.45) is 0 Å². The smallest absolute Gasteiger partial charge is 0.255 e. The van der Waals surface area contributed by atoms with E-state index >= 15 is 0 Å². The lowest BCUT2D eigenvalue weighted by atomic mass is 10.2. The van der Waals surface area contributed by atoms with Crippen LogP contribution in [0.4, 0.5) is 5.13 Å². The number of hydrogen-bond donors (Lipinski definition) is 3. The summed E-state index contributed by atoms with van der Waals surface area (Å²) in [5.41, 5.74) is 0.833. The highest BCUT2D eigenvalue weighted by Crippen LogP contribution is 2.32. The van der Waals surface area contributed by atoms with E-state index in [2.05, 4.69) is 20.3 Å². The zero-order valence-electron chi connectivity index (χ0n) is 13.7. The van der Waals surface area contributed by atoms with E-state index in [0.29, 0.717) is 26.4 Å². The molecule has 0 saturated carbocycles. The lowest BCUT2D eigenvalue weighted by molar-refractivity contribution is -0.115. The zero-order chi connectivity index (χ0) is 19.6. The molecule has 0 aliphatic carbocycles. The number of hydrogen-bond acceptors (Lipinski definition) is 7. The Balaban J connectivity index is 1.69. The maximum atomic E-state index is 12.4. The summed E-state index contributed by atoms with van der Waals surface area (Å²) in [6.07, 6.45) is 0. The van der Waals surface area contributed by atoms with Gasteiger partial charge in [0.15, 0.2) is 10.3 Å². The summed E-state index contributed by atoms with van der Waals surface area (Å²) in [6, 6.07) is 6.04. The number of aromatic hydroxyl groups is 1. The van der Waals surface area contributed by atoms with Gasteiger partial charge in [-0.25, -0.2) is 4.98 Å². The molecule has 11 heteroatoms. The second kappa shape index (κ2) is 8.30. The number of amides is 1. The Labute approximate surface area is 171 Å². The van der Waals surface area contributed by atoms with Gasteiger partial charge in [0.05, 0.1) is 22.0 Å². The van der Waals surface area contributed by atoms with Gasteiger partial charge in [0.1, 0.15) is 0 Å². The van der Waals surface area contributed by atoms with Crippen LogP contribution in [0.15, 0.2) is 39.6 Å². The third-order valence-corrected chi connectivity index (χ3v) is 5.60. The van der Waals surface area contributed by atoms with Crippen molar-refractivity contribution < 1.29 is 9.90 Å². The standard InChI is InChI=1S/C16H12Cl2N4O3S2/c1-7(27-16-20-12(23)5-13(24)21-16)14(25)22-15-19-11(6-26-15)9-3-2-8(17)4-10(9)18/h2-7H,1H3,(H,19,22,25)(H2,20,21,23,24). The Kier molecular flexibility index (Phi) is 6.05. The minimum absolute atomic E-state index is 0.149. The molecular formula is C16H12Cl2N4O3S2. The molecular weight excluding hydrogens is 431 g/mol. The second-order valence-corrected chi connectivity index (χ2v) is 8.35. The number of halogens is 2. The van der Waals surface area contributed by atoms with Crippen LogP contribution in [0.3, 0.4) is 0 Å². The predicted molar refractivity (Wildman–Crippen MR) is 108 cm³/mol. The van der Waals surface area contributed by atoms with Gasteiger partial charge in [-0.3, -0.25) is 9.59 Å². The number of carbonyl (C=O) groups is 1. The van der Waals surface area contributed by atoms with E-state index in [1.807, 2.05) is 0 Å². The van der Waals surface area contributed by atoms with Crippen molar-refractivity contribution >= 4 is 57.3 Å². The zero-order valence-corrected chi connectivity index (χ0v) is 16.8. The first-order valence-electron chi connectivity index (χ1n) is 7.50. The predicted octanol–water partition coefficient (Wildman–Crippen LogP) is 4.03. The molecule has 0 bridgehead atoms. The van der Waals surface area contributed by atoms with Crippen LogP contribution in [-0.2, 0) is 4.79 Å². The number of anilines is 1. The maximum Gasteiger partial charge on any atom is 0.255 e. The van der Waals surface area contributed by atoms with Gasteiger partial charge in [-0.05, 0) is 25.1 Å². The summed E-state index contributed by atoms with van der Waals surface area (Å²) >= 11 is 14.3. The van der Waals surface area contributed by atoms with Crippen molar-refractivity contribution in [1.29, 1.82) is 0 Å². The molecule has 0 spiro atoms. The fourth-order valence-corrected chi connectivity index (χ4v) is 4.08. The number of thiazole rings is 1. The lowest BCUT2D eigenvalue weighted by Gasteiger charge is -2.09. The number of aromatic nitrogens is 3. The number of H-pyrrole nitrogens is 1. The molecule has 0 aliphatic rings. The van der Waals surface area contributed by atoms with Crippen LogP contribution < -0.4 is 10.9 Å². The first-order valence-corrected chi connectivity index (χ1v) is 10.0. The molecule has 3 rings (SSSR count). The van der Waals surface area contributed by atoms with E-state index in [4.69, 9.17) is 23.2 Å². The number of nitrogens with one attached hydrogen (secondary N) is 2. The molecule has 1 atom stereocenters. The molecule has 27 heavy (non-hydrogen) atoms. The normalized spacial score (nSPS) is 12.0. The number of aromatic amines is 1. The van der Waals surface area contributed by atoms with Crippen molar-refractivity contribution in [2.45, 2.75) is 17.3 Å². The topological polar surface area (TPSA) is 108 Å². The molecule has 3 N–H and O–H groups in total. The number of thioether (sulfide) groups is 1. The lowest BCUT2D eigenvalue weighted by Crippen LogP contribution is -2.23. The minimum Gasteiger partial charge on any atom is -0.493 e. The molecule has 140 valence electrons. The van der Waals surface area contributed by atoms with Crippen LogP contribution in [0.5, 0.6) is 5.88 Å². The van der Waals surface area contributed by atoms with Crippen LogP contribution in [0.2, 0.25) is 10.0 Å². The van der Waals surface area contributed by atoms with Crippen molar-refractivity contribution in [3.8, 4) is 17.1 Å². The monoisotopic (exact) mass is 442 g/mol. The van der Waals surface area contributed by atoms with Crippen LogP contribution in [-0.4, -0.2) is 31.2 Å². The highest BCUT2D eigenvalue weighted by Gasteiger charge is 2.18. The third kappa shape index (κ3) is 5.01. The van der Waals surface area contributed by atoms with Gasteiger partial charge >= 0.3 is 0 Å². The third-order valence-electron chi connectivity index (χ3n) is 3.31. The SMILES string of the molecule is CC(Sc1nc(O)cc(=O)[nH]1)C(=O)Nc1nc(-c2ccc(Cl)cc2Cl)cs1. The Morgan fingerprint density at radius 2 is 2.11 bits per heavy atom. The number of benzene rings is 1. The van der Waals surface area contributed by atoms with Crippen molar-refractivity contribution in [3.05, 3.63) is 50.0 Å². The number of nitrogens with zero attached hydrogens (tertiary/aromatic N) is 2. The average molecular weight is 443 g/mol. The van der Waals surface area contributed by atoms with E-state index in [9.17, 15) is 14.7 Å². The van der Waals surface area contributed by atoms with E-state index < -0.39 is 16.7 Å². The van der Waals surface area contributed by atoms with E-state index in [1.165, 1.54) is 11.3 Å². The highest BCUT2D eigenvalue weighted by atomic mass is 35.5. The highest BCUT2D eigenvalue weighted by molar-refractivity contribution is 8.00. The van der Waals surface area contributed by atoms with Crippen molar-refractivity contribution in [2.75, 3.05) is 5.32 Å². The number of carbonyl (C=O) groups excluding carboxylic acids is 1. The maximum absolute atomic E-state index is 12.4. The van der Waals surface area contributed by atoms with E-state index in [1.54, 1.807) is 30.5 Å². The second-order valence-electron chi connectivity index (χ2n) is 5.32. The Bertz CT molecular complexity index is 1050. The molecule has 0 aliphatic heterocycles. The summed E-state index contributed by atoms with van der Waals surface area (Å²) in [4.78, 5) is 34.3. The quantitative estimate of drug-likeness (QED) is 0.406. The summed E-state index contributed by atoms with van der Waals surface area (Å²) < 4.78 is 0. The fourth-order valence-electron chi connectivity index (χ4n) is 2.06. The van der Waals surface area contributed by atoms with Gasteiger partial charge < -0.3 is 15.4 Å². The van der Waals surface area contributed by atoms with E-state index in [0.717, 1.165) is 17.8 Å². The molecule has 7 nitrogen and oxygen atoms in total. The molecule has 1 aromatic carbocycles. The summed E-state index contributed by atoms with van der Waals surface area (Å²) in [5, 5.41) is 14.8. The van der Waals surface area contributed by atoms with Gasteiger partial charge in [0.25, 0.3) is 5.56 Å². The Hall–Kier alpha value is -2.07. The molecule has 1 amide bonds. The van der Waals surface area contributed by atoms with Gasteiger partial charge in [0.2, 0.25) is 11.8 Å². The van der Waals surface area contributed by atoms with Gasteiger partial charge in [-0.15, -0.1) is 11.3 Å². The van der Waals surface area contributed by atoms with E-state index in [-0.39, 0.29) is 11.1 Å². The van der Waals surface area contributed by atoms with Crippen molar-refractivity contribution in [3.63, 3.8) is 0 Å². The van der Waals surface area contributed by atoms with Crippen LogP contribution >= 0.6 is 46.3 Å². The Morgan fingerprint density at radius 1 is 1.33 bits per heavy atom. The first-order chi connectivity index (χ1) is 12.8. The minimum atomic E-state index is -0.582. The van der Waals surface area contributed by atoms with Gasteiger partial charge in [-0.1, -0.05) is 35.0 Å². The first kappa shape index (κ1) is 19.7. The summed E-state index contributed by atoms with van der Waals surface area (Å²) in [7, 11) is 0. The van der Waals surface area contributed by atoms with Gasteiger partial charge in [-0.2, -0.15) is 4.98 Å². The molecule has 2 aromatic heterocycles. The largest absolute Gasteiger partial charge is 0.493 e. The molecule has 1 unspecified atom stereocenters. The Morgan fingerprint density at radius 3 is 2.81 bits per heavy atom. The molecule has 3 aromatic rings. The fraction of sp³-hybridized carbons (Fsp3) is 0.125. The van der Waals surface area contributed by atoms with Crippen LogP contribution in [0.25, 0.3) is 11.3 Å². The molecule has 0 saturated heterocycles. The molecule has 2 heterocycles. The average Bonchev–Trinajstić information content (AvgIpc) is 3.01. The van der Waals surface area contributed by atoms with Gasteiger partial charge in [0, 0.05) is 16.0 Å². The number of rotatable bonds is 5. The van der Waals surface area contributed by atoms with Crippen LogP contribution in [0, 0.1) is 0 Å². The molecule has 0 radical (unpaired) electrons. The van der Waals surface area contributed by atoms with Crippen molar-refractivity contribution in [1.82, 2.24) is 15.0 Å².